The fourth-order valence-electron chi connectivity index (χ4n) is 1.29. The molecular formula is C10H4F5NO3S. The third-order valence-corrected chi connectivity index (χ3v) is 2.69. The Bertz CT molecular complexity index is 567. The summed E-state index contributed by atoms with van der Waals surface area (Å²) in [6.07, 6.45) is 0. The fourth-order valence-corrected chi connectivity index (χ4v) is 1.97. The number of aromatic carboxylic acids is 1. The molecule has 0 aliphatic rings. The van der Waals surface area contributed by atoms with Crippen molar-refractivity contribution in [3.8, 4) is 11.8 Å². The van der Waals surface area contributed by atoms with Gasteiger partial charge in [0.1, 0.15) is 17.4 Å². The van der Waals surface area contributed by atoms with E-state index in [1.165, 1.54) is 6.07 Å². The van der Waals surface area contributed by atoms with Crippen molar-refractivity contribution >= 4 is 17.7 Å². The number of hydrogen-bond donors (Lipinski definition) is 1. The van der Waals surface area contributed by atoms with Crippen molar-refractivity contribution in [2.24, 2.45) is 0 Å². The zero-order chi connectivity index (χ0) is 15.5. The number of nitriles is 1. The molecule has 10 heteroatoms. The first-order valence-corrected chi connectivity index (χ1v) is 5.48. The van der Waals surface area contributed by atoms with Gasteiger partial charge in [-0.05, 0) is 23.9 Å². The lowest BCUT2D eigenvalue weighted by molar-refractivity contribution is -0.0502. The van der Waals surface area contributed by atoms with Crippen LogP contribution in [0.3, 0.4) is 0 Å². The van der Waals surface area contributed by atoms with Crippen LogP contribution in [-0.2, 0) is 0 Å². The molecule has 0 saturated heterocycles. The minimum Gasteiger partial charge on any atom is -0.478 e. The molecule has 0 aliphatic heterocycles. The molecule has 0 aliphatic carbocycles. The summed E-state index contributed by atoms with van der Waals surface area (Å²) >= 11 is -0.762. The summed E-state index contributed by atoms with van der Waals surface area (Å²) in [7, 11) is 0. The molecule has 1 rings (SSSR count). The maximum Gasteiger partial charge on any atom is 0.446 e. The van der Waals surface area contributed by atoms with Crippen LogP contribution in [0.15, 0.2) is 17.0 Å². The predicted molar refractivity (Wildman–Crippen MR) is 56.7 cm³/mol. The first kappa shape index (κ1) is 16.0. The number of hydrogen-bond acceptors (Lipinski definition) is 4. The monoisotopic (exact) mass is 313 g/mol. The Morgan fingerprint density at radius 2 is 2.00 bits per heavy atom. The van der Waals surface area contributed by atoms with Gasteiger partial charge in [0.2, 0.25) is 0 Å². The molecule has 0 radical (unpaired) electrons. The number of halogens is 5. The van der Waals surface area contributed by atoms with Gasteiger partial charge in [0.25, 0.3) is 0 Å². The van der Waals surface area contributed by atoms with Crippen molar-refractivity contribution in [2.45, 2.75) is 17.0 Å². The summed E-state index contributed by atoms with van der Waals surface area (Å²) in [6, 6.07) is 2.60. The quantitative estimate of drug-likeness (QED) is 0.681. The van der Waals surface area contributed by atoms with E-state index in [1.807, 2.05) is 0 Å². The highest BCUT2D eigenvalue weighted by molar-refractivity contribution is 8.00. The van der Waals surface area contributed by atoms with Crippen molar-refractivity contribution in [1.29, 1.82) is 5.26 Å². The molecule has 1 aromatic carbocycles. The highest BCUT2D eigenvalue weighted by Gasteiger charge is 2.33. The number of ether oxygens (including phenoxy) is 1. The number of benzene rings is 1. The van der Waals surface area contributed by atoms with Gasteiger partial charge in [-0.25, -0.2) is 4.79 Å². The Morgan fingerprint density at radius 3 is 2.40 bits per heavy atom. The number of nitrogens with zero attached hydrogens (tertiary/aromatic N) is 1. The van der Waals surface area contributed by atoms with Crippen LogP contribution in [0.1, 0.15) is 15.9 Å². The van der Waals surface area contributed by atoms with Crippen LogP contribution in [0, 0.1) is 11.3 Å². The van der Waals surface area contributed by atoms with Gasteiger partial charge < -0.3 is 9.84 Å². The van der Waals surface area contributed by atoms with Crippen molar-refractivity contribution in [2.75, 3.05) is 0 Å². The second-order valence-corrected chi connectivity index (χ2v) is 4.26. The van der Waals surface area contributed by atoms with Crippen molar-refractivity contribution in [3.63, 3.8) is 0 Å². The summed E-state index contributed by atoms with van der Waals surface area (Å²) in [5.74, 6) is -2.65. The number of alkyl halides is 5. The van der Waals surface area contributed by atoms with Gasteiger partial charge in [-0.3, -0.25) is 0 Å². The van der Waals surface area contributed by atoms with Gasteiger partial charge in [0.05, 0.1) is 5.56 Å². The second kappa shape index (κ2) is 5.96. The van der Waals surface area contributed by atoms with E-state index in [2.05, 4.69) is 4.74 Å². The zero-order valence-electron chi connectivity index (χ0n) is 9.24. The van der Waals surface area contributed by atoms with Crippen molar-refractivity contribution in [1.82, 2.24) is 0 Å². The average molecular weight is 313 g/mol. The Balaban J connectivity index is 3.43. The number of thioether (sulfide) groups is 1. The number of carboxylic acids is 1. The minimum atomic E-state index is -4.79. The van der Waals surface area contributed by atoms with Gasteiger partial charge in [0, 0.05) is 4.90 Å². The van der Waals surface area contributed by atoms with Crippen molar-refractivity contribution in [3.05, 3.63) is 23.3 Å². The normalized spacial score (nSPS) is 11.2. The van der Waals surface area contributed by atoms with E-state index < -0.39 is 51.6 Å². The van der Waals surface area contributed by atoms with Crippen LogP contribution in [0.2, 0.25) is 0 Å². The van der Waals surface area contributed by atoms with E-state index >= 15 is 0 Å². The fraction of sp³-hybridized carbons (Fsp3) is 0.200. The smallest absolute Gasteiger partial charge is 0.446 e. The Hall–Kier alpha value is -2.02. The molecule has 0 unspecified atom stereocenters. The maximum absolute atomic E-state index is 12.3. The standard InChI is InChI=1S/C10H4F5NO3S/c11-9(12)19-5-1-2-6(20-10(13,14)15)7(8(17)18)4(5)3-16/h1-2,9H,(H,17,18). The Labute approximate surface area is 112 Å². The first-order chi connectivity index (χ1) is 9.15. The van der Waals surface area contributed by atoms with Crippen LogP contribution in [0.5, 0.6) is 5.75 Å². The molecule has 1 N–H and O–H groups in total. The molecule has 108 valence electrons. The molecule has 4 nitrogen and oxygen atoms in total. The predicted octanol–water partition coefficient (Wildman–Crippen LogP) is 3.47. The van der Waals surface area contributed by atoms with E-state index in [0.29, 0.717) is 12.1 Å². The highest BCUT2D eigenvalue weighted by Crippen LogP contribution is 2.41. The molecule has 0 amide bonds. The molecule has 20 heavy (non-hydrogen) atoms. The molecule has 0 aromatic heterocycles. The van der Waals surface area contributed by atoms with E-state index in [-0.39, 0.29) is 0 Å². The molecule has 0 heterocycles. The molecule has 0 bridgehead atoms. The number of carboxylic acid groups (broad SMARTS) is 1. The summed E-state index contributed by atoms with van der Waals surface area (Å²) in [5.41, 5.74) is -6.72. The molecular weight excluding hydrogens is 309 g/mol. The number of carbonyl (C=O) groups is 1. The molecule has 0 fully saturated rings. The van der Waals surface area contributed by atoms with E-state index in [9.17, 15) is 26.7 Å². The van der Waals surface area contributed by atoms with Crippen LogP contribution in [-0.4, -0.2) is 23.2 Å². The van der Waals surface area contributed by atoms with Crippen LogP contribution >= 0.6 is 11.8 Å². The van der Waals surface area contributed by atoms with Gasteiger partial charge in [-0.1, -0.05) is 0 Å². The average Bonchev–Trinajstić information content (AvgIpc) is 2.27. The third kappa shape index (κ3) is 3.99. The van der Waals surface area contributed by atoms with E-state index in [4.69, 9.17) is 10.4 Å². The van der Waals surface area contributed by atoms with Crippen LogP contribution in [0.25, 0.3) is 0 Å². The Kier molecular flexibility index (Phi) is 4.78. The second-order valence-electron chi connectivity index (χ2n) is 3.16. The maximum atomic E-state index is 12.3. The molecule has 0 saturated carbocycles. The largest absolute Gasteiger partial charge is 0.478 e. The summed E-state index contributed by atoms with van der Waals surface area (Å²) in [5, 5.41) is 17.6. The highest BCUT2D eigenvalue weighted by atomic mass is 32.2. The number of rotatable bonds is 4. The Morgan fingerprint density at radius 1 is 1.40 bits per heavy atom. The lowest BCUT2D eigenvalue weighted by atomic mass is 10.1. The summed E-state index contributed by atoms with van der Waals surface area (Å²) in [4.78, 5) is 10.2. The van der Waals surface area contributed by atoms with Crippen molar-refractivity contribution < 1.29 is 36.6 Å². The summed E-state index contributed by atoms with van der Waals surface area (Å²) < 4.78 is 64.9. The molecule has 0 spiro atoms. The minimum absolute atomic E-state index is 0.653. The lowest BCUT2D eigenvalue weighted by Crippen LogP contribution is -2.10. The molecule has 1 aromatic rings. The first-order valence-electron chi connectivity index (χ1n) is 4.66. The SMILES string of the molecule is N#Cc1c(OC(F)F)ccc(SC(F)(F)F)c1C(=O)O. The van der Waals surface area contributed by atoms with Crippen LogP contribution in [0.4, 0.5) is 22.0 Å². The van der Waals surface area contributed by atoms with Gasteiger partial charge in [-0.2, -0.15) is 27.2 Å². The zero-order valence-corrected chi connectivity index (χ0v) is 10.1. The van der Waals surface area contributed by atoms with Gasteiger partial charge in [0.15, 0.2) is 0 Å². The summed E-state index contributed by atoms with van der Waals surface area (Å²) in [6.45, 7) is -3.34. The van der Waals surface area contributed by atoms with Gasteiger partial charge >= 0.3 is 18.1 Å². The third-order valence-electron chi connectivity index (χ3n) is 1.90. The van der Waals surface area contributed by atoms with Gasteiger partial charge in [-0.15, -0.1) is 0 Å². The van der Waals surface area contributed by atoms with Crippen LogP contribution < -0.4 is 4.74 Å². The van der Waals surface area contributed by atoms with E-state index in [1.54, 1.807) is 0 Å². The topological polar surface area (TPSA) is 70.3 Å². The lowest BCUT2D eigenvalue weighted by Gasteiger charge is -2.13. The van der Waals surface area contributed by atoms with E-state index in [0.717, 1.165) is 0 Å². The molecule has 0 atom stereocenters.